The second kappa shape index (κ2) is 7.02. The van der Waals surface area contributed by atoms with Crippen LogP contribution in [-0.2, 0) is 9.47 Å². The smallest absolute Gasteiger partial charge is 0.217 e. The summed E-state index contributed by atoms with van der Waals surface area (Å²) in [7, 11) is 0. The van der Waals surface area contributed by atoms with Gasteiger partial charge in [0.05, 0.1) is 5.02 Å². The lowest BCUT2D eigenvalue weighted by atomic mass is 9.89. The van der Waals surface area contributed by atoms with Crippen LogP contribution >= 0.6 is 11.6 Å². The Morgan fingerprint density at radius 1 is 1.07 bits per heavy atom. The van der Waals surface area contributed by atoms with Crippen LogP contribution in [0.1, 0.15) is 37.1 Å². The number of nitrogens with zero attached hydrogens (tertiary/aromatic N) is 2. The first-order chi connectivity index (χ1) is 13.7. The first-order valence-electron chi connectivity index (χ1n) is 8.75. The zero-order valence-electron chi connectivity index (χ0n) is 15.3. The third kappa shape index (κ3) is 3.15. The Bertz CT molecular complexity index is 1020. The Labute approximate surface area is 168 Å². The van der Waals surface area contributed by atoms with Crippen LogP contribution < -0.4 is 0 Å². The maximum Gasteiger partial charge on any atom is 0.217 e. The number of hydrogen-bond acceptors (Lipinski definition) is 4. The Balaban J connectivity index is 1.73. The van der Waals surface area contributed by atoms with Crippen molar-refractivity contribution in [2.45, 2.75) is 37.6 Å². The van der Waals surface area contributed by atoms with Gasteiger partial charge in [0.25, 0.3) is 0 Å². The van der Waals surface area contributed by atoms with E-state index >= 15 is 0 Å². The molecule has 2 heterocycles. The Kier molecular flexibility index (Phi) is 4.77. The molecule has 4 nitrogen and oxygen atoms in total. The van der Waals surface area contributed by atoms with Crippen LogP contribution in [-0.4, -0.2) is 23.9 Å². The molecule has 0 radical (unpaired) electrons. The normalized spacial score (nSPS) is 28.2. The lowest BCUT2D eigenvalue weighted by Crippen LogP contribution is -2.39. The standard InChI is InChI=1S/C20H15ClF4N2O2/c1-9-17(10-6-13(22)16(25)14(23)7-10)27-19(29-9)20(2)18(28-8-26-20)11-4-3-5-12(21)15(11)24/h3-9,17-18H,1-2H3. The number of ether oxygens (including phenoxy) is 2. The summed E-state index contributed by atoms with van der Waals surface area (Å²) >= 11 is 5.88. The second-order valence-electron chi connectivity index (χ2n) is 7.04. The monoisotopic (exact) mass is 426 g/mol. The maximum atomic E-state index is 14.6. The summed E-state index contributed by atoms with van der Waals surface area (Å²) in [6.07, 6.45) is -0.356. The third-order valence-electron chi connectivity index (χ3n) is 5.07. The molecule has 2 aromatic carbocycles. The molecule has 0 N–H and O–H groups in total. The van der Waals surface area contributed by atoms with Crippen molar-refractivity contribution in [1.29, 1.82) is 0 Å². The van der Waals surface area contributed by atoms with Gasteiger partial charge in [-0.1, -0.05) is 23.7 Å². The molecule has 29 heavy (non-hydrogen) atoms. The van der Waals surface area contributed by atoms with Crippen LogP contribution in [0.5, 0.6) is 0 Å². The molecule has 9 heteroatoms. The van der Waals surface area contributed by atoms with Gasteiger partial charge in [-0.15, -0.1) is 0 Å². The molecular weight excluding hydrogens is 412 g/mol. The van der Waals surface area contributed by atoms with E-state index in [-0.39, 0.29) is 22.0 Å². The van der Waals surface area contributed by atoms with E-state index in [2.05, 4.69) is 9.98 Å². The van der Waals surface area contributed by atoms with E-state index in [9.17, 15) is 17.6 Å². The van der Waals surface area contributed by atoms with E-state index in [0.717, 1.165) is 12.1 Å². The summed E-state index contributed by atoms with van der Waals surface area (Å²) in [4.78, 5) is 8.69. The van der Waals surface area contributed by atoms with Crippen molar-refractivity contribution < 1.29 is 27.0 Å². The summed E-state index contributed by atoms with van der Waals surface area (Å²) in [5, 5.41) is -0.0712. The molecule has 2 aliphatic heterocycles. The first kappa shape index (κ1) is 19.7. The van der Waals surface area contributed by atoms with Crippen LogP contribution in [0.4, 0.5) is 17.6 Å². The third-order valence-corrected chi connectivity index (χ3v) is 5.36. The van der Waals surface area contributed by atoms with E-state index in [4.69, 9.17) is 21.1 Å². The fourth-order valence-corrected chi connectivity index (χ4v) is 3.69. The average molecular weight is 427 g/mol. The van der Waals surface area contributed by atoms with Crippen molar-refractivity contribution in [1.82, 2.24) is 0 Å². The van der Waals surface area contributed by atoms with E-state index < -0.39 is 47.1 Å². The predicted octanol–water partition coefficient (Wildman–Crippen LogP) is 5.31. The maximum absolute atomic E-state index is 14.6. The van der Waals surface area contributed by atoms with E-state index in [0.29, 0.717) is 0 Å². The van der Waals surface area contributed by atoms with Gasteiger partial charge in [-0.05, 0) is 37.6 Å². The minimum atomic E-state index is -1.55. The fraction of sp³-hybridized carbons (Fsp3) is 0.300. The molecule has 0 bridgehead atoms. The fourth-order valence-electron chi connectivity index (χ4n) is 3.51. The molecule has 2 aromatic rings. The quantitative estimate of drug-likeness (QED) is 0.493. The molecule has 0 saturated heterocycles. The molecule has 0 aromatic heterocycles. The highest BCUT2D eigenvalue weighted by atomic mass is 35.5. The summed E-state index contributed by atoms with van der Waals surface area (Å²) in [6.45, 7) is 3.29. The van der Waals surface area contributed by atoms with Crippen LogP contribution in [0.3, 0.4) is 0 Å². The van der Waals surface area contributed by atoms with Crippen molar-refractivity contribution in [3.63, 3.8) is 0 Å². The molecule has 4 atom stereocenters. The highest BCUT2D eigenvalue weighted by Crippen LogP contribution is 2.43. The van der Waals surface area contributed by atoms with E-state index in [1.807, 2.05) is 0 Å². The minimum Gasteiger partial charge on any atom is -0.473 e. The molecule has 0 aliphatic carbocycles. The van der Waals surface area contributed by atoms with Crippen molar-refractivity contribution in [2.24, 2.45) is 9.98 Å². The van der Waals surface area contributed by atoms with Crippen molar-refractivity contribution >= 4 is 23.9 Å². The van der Waals surface area contributed by atoms with Gasteiger partial charge in [0, 0.05) is 5.56 Å². The predicted molar refractivity (Wildman–Crippen MR) is 99.2 cm³/mol. The first-order valence-corrected chi connectivity index (χ1v) is 9.12. The summed E-state index contributed by atoms with van der Waals surface area (Å²) in [6, 6.07) is 5.45. The Hall–Kier alpha value is -2.61. The van der Waals surface area contributed by atoms with Gasteiger partial charge in [0.2, 0.25) is 5.90 Å². The molecule has 2 aliphatic rings. The number of rotatable bonds is 3. The van der Waals surface area contributed by atoms with Gasteiger partial charge >= 0.3 is 0 Å². The van der Waals surface area contributed by atoms with Gasteiger partial charge < -0.3 is 9.47 Å². The van der Waals surface area contributed by atoms with Gasteiger partial charge in [0.1, 0.15) is 18.0 Å². The Morgan fingerprint density at radius 2 is 1.76 bits per heavy atom. The zero-order valence-corrected chi connectivity index (χ0v) is 16.1. The van der Waals surface area contributed by atoms with E-state index in [1.165, 1.54) is 18.5 Å². The van der Waals surface area contributed by atoms with Gasteiger partial charge in [-0.3, -0.25) is 0 Å². The highest BCUT2D eigenvalue weighted by Gasteiger charge is 2.50. The average Bonchev–Trinajstić information content (AvgIpc) is 3.26. The molecule has 4 rings (SSSR count). The molecule has 0 spiro atoms. The SMILES string of the molecule is CC1OC(C2(C)N=COC2c2cccc(Cl)c2F)=NC1c1cc(F)c(F)c(F)c1. The van der Waals surface area contributed by atoms with Gasteiger partial charge in [-0.25, -0.2) is 27.5 Å². The largest absolute Gasteiger partial charge is 0.473 e. The molecule has 152 valence electrons. The summed E-state index contributed by atoms with van der Waals surface area (Å²) in [5.74, 6) is -4.73. The van der Waals surface area contributed by atoms with Crippen LogP contribution in [0.2, 0.25) is 5.02 Å². The highest BCUT2D eigenvalue weighted by molar-refractivity contribution is 6.30. The van der Waals surface area contributed by atoms with Gasteiger partial charge in [-0.2, -0.15) is 0 Å². The molecule has 0 saturated carbocycles. The van der Waals surface area contributed by atoms with Crippen molar-refractivity contribution in [3.8, 4) is 0 Å². The number of hydrogen-bond donors (Lipinski definition) is 0. The number of aliphatic imine (C=N–C) groups is 2. The molecular formula is C20H15ClF4N2O2. The number of benzene rings is 2. The molecule has 4 unspecified atom stereocenters. The van der Waals surface area contributed by atoms with Crippen molar-refractivity contribution in [3.05, 3.63) is 69.8 Å². The van der Waals surface area contributed by atoms with Gasteiger partial charge in [0.15, 0.2) is 35.5 Å². The zero-order chi connectivity index (χ0) is 20.9. The lowest BCUT2D eigenvalue weighted by molar-refractivity contribution is 0.146. The summed E-state index contributed by atoms with van der Waals surface area (Å²) < 4.78 is 66.5. The minimum absolute atomic E-state index is 0.0712. The summed E-state index contributed by atoms with van der Waals surface area (Å²) in [5.41, 5.74) is -0.953. The Morgan fingerprint density at radius 3 is 2.45 bits per heavy atom. The van der Waals surface area contributed by atoms with E-state index in [1.54, 1.807) is 19.9 Å². The topological polar surface area (TPSA) is 43.2 Å². The molecule has 0 fully saturated rings. The van der Waals surface area contributed by atoms with Crippen LogP contribution in [0, 0.1) is 23.3 Å². The van der Waals surface area contributed by atoms with Crippen molar-refractivity contribution in [2.75, 3.05) is 0 Å². The molecule has 0 amide bonds. The lowest BCUT2D eigenvalue weighted by Gasteiger charge is -2.27. The number of halogens is 5. The second-order valence-corrected chi connectivity index (χ2v) is 7.45. The van der Waals surface area contributed by atoms with Crippen LogP contribution in [0.15, 0.2) is 40.3 Å². The van der Waals surface area contributed by atoms with Crippen LogP contribution in [0.25, 0.3) is 0 Å².